The molecule has 2 aromatic carbocycles. The molecule has 0 saturated carbocycles. The fraction of sp³-hybridized carbons (Fsp3) is 0.0667. The lowest BCUT2D eigenvalue weighted by Crippen LogP contribution is -1.94. The number of aromatic nitrogens is 1. The van der Waals surface area contributed by atoms with Gasteiger partial charge in [-0.05, 0) is 29.8 Å². The van der Waals surface area contributed by atoms with Gasteiger partial charge < -0.3 is 9.52 Å². The van der Waals surface area contributed by atoms with Gasteiger partial charge in [0.1, 0.15) is 11.3 Å². The number of rotatable bonds is 3. The van der Waals surface area contributed by atoms with Crippen molar-refractivity contribution in [1.29, 1.82) is 0 Å². The Bertz CT molecular complexity index is 795. The molecule has 20 heavy (non-hydrogen) atoms. The molecule has 0 bridgehead atoms. The summed E-state index contributed by atoms with van der Waals surface area (Å²) in [6.45, 7) is 0. The third kappa shape index (κ3) is 2.25. The number of fused-ring (bicyclic) bond motifs is 1. The smallest absolute Gasteiger partial charge is 0.335 e. The molecule has 0 unspecified atom stereocenters. The first kappa shape index (κ1) is 12.3. The summed E-state index contributed by atoms with van der Waals surface area (Å²) in [4.78, 5) is 15.1. The highest BCUT2D eigenvalue weighted by molar-refractivity contribution is 5.91. The molecule has 0 spiro atoms. The second-order valence-electron chi connectivity index (χ2n) is 4.36. The number of benzene rings is 2. The number of oxazole rings is 1. The Morgan fingerprint density at radius 2 is 2.05 bits per heavy atom. The summed E-state index contributed by atoms with van der Waals surface area (Å²) in [6, 6.07) is 10.8. The minimum absolute atomic E-state index is 0.131. The van der Waals surface area contributed by atoms with Gasteiger partial charge in [0.05, 0.1) is 12.0 Å². The summed E-state index contributed by atoms with van der Waals surface area (Å²) in [6.07, 6.45) is 0.226. The van der Waals surface area contributed by atoms with Crippen LogP contribution in [0.2, 0.25) is 0 Å². The lowest BCUT2D eigenvalue weighted by atomic mass is 10.1. The lowest BCUT2D eigenvalue weighted by Gasteiger charge is -1.98. The molecule has 0 aliphatic rings. The molecule has 5 heteroatoms. The number of halogens is 1. The van der Waals surface area contributed by atoms with Gasteiger partial charge in [-0.25, -0.2) is 14.2 Å². The van der Waals surface area contributed by atoms with E-state index >= 15 is 0 Å². The SMILES string of the molecule is O=C(O)c1ccc2nc(Cc3ccccc3F)oc2c1. The number of carboxylic acid groups (broad SMARTS) is 1. The minimum Gasteiger partial charge on any atom is -0.478 e. The quantitative estimate of drug-likeness (QED) is 0.794. The highest BCUT2D eigenvalue weighted by atomic mass is 19.1. The average molecular weight is 271 g/mol. The first-order chi connectivity index (χ1) is 9.63. The molecule has 0 atom stereocenters. The van der Waals surface area contributed by atoms with Crippen LogP contribution in [0.25, 0.3) is 11.1 Å². The van der Waals surface area contributed by atoms with Crippen molar-refractivity contribution in [2.24, 2.45) is 0 Å². The van der Waals surface area contributed by atoms with Crippen LogP contribution >= 0.6 is 0 Å². The van der Waals surface area contributed by atoms with Crippen LogP contribution in [-0.4, -0.2) is 16.1 Å². The van der Waals surface area contributed by atoms with Crippen LogP contribution in [0.4, 0.5) is 4.39 Å². The molecule has 1 aromatic heterocycles. The van der Waals surface area contributed by atoms with Gasteiger partial charge in [0.15, 0.2) is 11.5 Å². The van der Waals surface area contributed by atoms with Gasteiger partial charge in [-0.15, -0.1) is 0 Å². The summed E-state index contributed by atoms with van der Waals surface area (Å²) in [5.74, 6) is -0.993. The summed E-state index contributed by atoms with van der Waals surface area (Å²) < 4.78 is 19.0. The van der Waals surface area contributed by atoms with Crippen molar-refractivity contribution < 1.29 is 18.7 Å². The van der Waals surface area contributed by atoms with E-state index in [0.717, 1.165) is 0 Å². The van der Waals surface area contributed by atoms with Crippen LogP contribution in [0.15, 0.2) is 46.9 Å². The van der Waals surface area contributed by atoms with E-state index in [1.807, 2.05) is 0 Å². The average Bonchev–Trinajstić information content (AvgIpc) is 2.82. The van der Waals surface area contributed by atoms with Gasteiger partial charge in [0, 0.05) is 0 Å². The first-order valence-electron chi connectivity index (χ1n) is 5.99. The number of carboxylic acids is 1. The summed E-state index contributed by atoms with van der Waals surface area (Å²) in [5.41, 5.74) is 1.56. The number of aromatic carboxylic acids is 1. The van der Waals surface area contributed by atoms with Gasteiger partial charge in [-0.1, -0.05) is 18.2 Å². The predicted octanol–water partition coefficient (Wildman–Crippen LogP) is 3.26. The minimum atomic E-state index is -1.03. The summed E-state index contributed by atoms with van der Waals surface area (Å²) in [5, 5.41) is 8.91. The van der Waals surface area contributed by atoms with Crippen molar-refractivity contribution in [1.82, 2.24) is 4.98 Å². The Morgan fingerprint density at radius 3 is 2.80 bits per heavy atom. The van der Waals surface area contributed by atoms with E-state index in [0.29, 0.717) is 22.6 Å². The molecule has 3 rings (SSSR count). The lowest BCUT2D eigenvalue weighted by molar-refractivity contribution is 0.0697. The topological polar surface area (TPSA) is 63.3 Å². The Morgan fingerprint density at radius 1 is 1.25 bits per heavy atom. The fourth-order valence-electron chi connectivity index (χ4n) is 1.99. The van der Waals surface area contributed by atoms with E-state index in [9.17, 15) is 9.18 Å². The maximum Gasteiger partial charge on any atom is 0.335 e. The van der Waals surface area contributed by atoms with Crippen LogP contribution in [-0.2, 0) is 6.42 Å². The van der Waals surface area contributed by atoms with Crippen LogP contribution < -0.4 is 0 Å². The van der Waals surface area contributed by atoms with Crippen molar-refractivity contribution in [2.45, 2.75) is 6.42 Å². The standard InChI is InChI=1S/C15H10FNO3/c16-11-4-2-1-3-9(11)8-14-17-12-6-5-10(15(18)19)7-13(12)20-14/h1-7H,8H2,(H,18,19). The zero-order valence-corrected chi connectivity index (χ0v) is 10.3. The summed E-state index contributed by atoms with van der Waals surface area (Å²) in [7, 11) is 0. The second kappa shape index (κ2) is 4.77. The molecular formula is C15H10FNO3. The maximum absolute atomic E-state index is 13.6. The van der Waals surface area contributed by atoms with E-state index in [-0.39, 0.29) is 17.8 Å². The molecule has 0 fully saturated rings. The van der Waals surface area contributed by atoms with Gasteiger partial charge in [-0.2, -0.15) is 0 Å². The van der Waals surface area contributed by atoms with Gasteiger partial charge in [0.2, 0.25) is 0 Å². The maximum atomic E-state index is 13.6. The molecule has 0 amide bonds. The highest BCUT2D eigenvalue weighted by Gasteiger charge is 2.11. The molecule has 1 N–H and O–H groups in total. The second-order valence-corrected chi connectivity index (χ2v) is 4.36. The van der Waals surface area contributed by atoms with Crippen LogP contribution in [0.3, 0.4) is 0 Å². The number of hydrogen-bond acceptors (Lipinski definition) is 3. The fourth-order valence-corrected chi connectivity index (χ4v) is 1.99. The Hall–Kier alpha value is -2.69. The van der Waals surface area contributed by atoms with Crippen molar-refractivity contribution in [3.63, 3.8) is 0 Å². The molecule has 100 valence electrons. The van der Waals surface area contributed by atoms with Crippen molar-refractivity contribution in [2.75, 3.05) is 0 Å². The normalized spacial score (nSPS) is 10.8. The van der Waals surface area contributed by atoms with E-state index in [1.54, 1.807) is 24.3 Å². The van der Waals surface area contributed by atoms with Gasteiger partial charge in [0.25, 0.3) is 0 Å². The highest BCUT2D eigenvalue weighted by Crippen LogP contribution is 2.20. The number of nitrogens with zero attached hydrogens (tertiary/aromatic N) is 1. The van der Waals surface area contributed by atoms with Crippen molar-refractivity contribution in [3.8, 4) is 0 Å². The van der Waals surface area contributed by atoms with Gasteiger partial charge in [-0.3, -0.25) is 0 Å². The Kier molecular flexibility index (Phi) is 2.95. The van der Waals surface area contributed by atoms with Crippen molar-refractivity contribution in [3.05, 3.63) is 65.3 Å². The number of hydrogen-bond donors (Lipinski definition) is 1. The van der Waals surface area contributed by atoms with E-state index in [4.69, 9.17) is 9.52 Å². The molecular weight excluding hydrogens is 261 g/mol. The molecule has 3 aromatic rings. The van der Waals surface area contributed by atoms with Crippen molar-refractivity contribution >= 4 is 17.1 Å². The summed E-state index contributed by atoms with van der Waals surface area (Å²) >= 11 is 0. The predicted molar refractivity (Wildman–Crippen MR) is 70.2 cm³/mol. The third-order valence-electron chi connectivity index (χ3n) is 2.98. The van der Waals surface area contributed by atoms with Crippen LogP contribution in [0, 0.1) is 5.82 Å². The third-order valence-corrected chi connectivity index (χ3v) is 2.98. The monoisotopic (exact) mass is 271 g/mol. The molecule has 0 aliphatic carbocycles. The van der Waals surface area contributed by atoms with E-state index in [2.05, 4.69) is 4.98 Å². The molecule has 0 aliphatic heterocycles. The van der Waals surface area contributed by atoms with Gasteiger partial charge >= 0.3 is 5.97 Å². The number of carbonyl (C=O) groups is 1. The van der Waals surface area contributed by atoms with Crippen LogP contribution in [0.1, 0.15) is 21.8 Å². The van der Waals surface area contributed by atoms with E-state index < -0.39 is 5.97 Å². The zero-order chi connectivity index (χ0) is 14.1. The molecule has 1 heterocycles. The molecule has 0 saturated heterocycles. The zero-order valence-electron chi connectivity index (χ0n) is 10.3. The van der Waals surface area contributed by atoms with E-state index in [1.165, 1.54) is 18.2 Å². The Labute approximate surface area is 113 Å². The molecule has 4 nitrogen and oxygen atoms in total. The first-order valence-corrected chi connectivity index (χ1v) is 5.99. The van der Waals surface area contributed by atoms with Crippen LogP contribution in [0.5, 0.6) is 0 Å². The molecule has 0 radical (unpaired) electrons. The Balaban J connectivity index is 1.97. The largest absolute Gasteiger partial charge is 0.478 e.